The number of hydrogen-bond donors (Lipinski definition) is 2. The SMILES string of the molecule is CC(CCN)C(=O)Nc1ccc2sccc2c1. The number of benzene rings is 1. The third-order valence-electron chi connectivity index (χ3n) is 2.77. The molecule has 0 aliphatic carbocycles. The number of carbonyl (C=O) groups is 1. The van der Waals surface area contributed by atoms with Gasteiger partial charge in [0.25, 0.3) is 0 Å². The van der Waals surface area contributed by atoms with Crippen molar-refractivity contribution in [2.24, 2.45) is 11.7 Å². The molecule has 4 heteroatoms. The van der Waals surface area contributed by atoms with Crippen LogP contribution in [0, 0.1) is 5.92 Å². The first kappa shape index (κ1) is 12.1. The van der Waals surface area contributed by atoms with E-state index in [1.807, 2.05) is 30.5 Å². The zero-order valence-electron chi connectivity index (χ0n) is 9.77. The molecule has 0 radical (unpaired) electrons. The van der Waals surface area contributed by atoms with Crippen molar-refractivity contribution in [1.29, 1.82) is 0 Å². The summed E-state index contributed by atoms with van der Waals surface area (Å²) in [6.45, 7) is 2.43. The summed E-state index contributed by atoms with van der Waals surface area (Å²) in [4.78, 5) is 11.8. The van der Waals surface area contributed by atoms with Crippen molar-refractivity contribution in [3.8, 4) is 0 Å². The van der Waals surface area contributed by atoms with E-state index in [0.29, 0.717) is 13.0 Å². The van der Waals surface area contributed by atoms with Gasteiger partial charge in [0.05, 0.1) is 0 Å². The van der Waals surface area contributed by atoms with Crippen molar-refractivity contribution in [1.82, 2.24) is 0 Å². The molecule has 1 atom stereocenters. The van der Waals surface area contributed by atoms with Crippen LogP contribution in [-0.2, 0) is 4.79 Å². The van der Waals surface area contributed by atoms with E-state index >= 15 is 0 Å². The molecule has 2 rings (SSSR count). The Bertz CT molecular complexity index is 521. The van der Waals surface area contributed by atoms with Gasteiger partial charge >= 0.3 is 0 Å². The van der Waals surface area contributed by atoms with E-state index in [-0.39, 0.29) is 11.8 Å². The summed E-state index contributed by atoms with van der Waals surface area (Å²) in [5, 5.41) is 6.13. The maximum Gasteiger partial charge on any atom is 0.227 e. The third kappa shape index (κ3) is 2.84. The Morgan fingerprint density at radius 3 is 3.06 bits per heavy atom. The fourth-order valence-electron chi connectivity index (χ4n) is 1.69. The molecule has 0 saturated carbocycles. The number of carbonyl (C=O) groups excluding carboxylic acids is 1. The van der Waals surface area contributed by atoms with E-state index in [0.717, 1.165) is 5.69 Å². The van der Waals surface area contributed by atoms with Gasteiger partial charge in [-0.15, -0.1) is 11.3 Å². The van der Waals surface area contributed by atoms with E-state index in [4.69, 9.17) is 5.73 Å². The normalized spacial score (nSPS) is 12.6. The van der Waals surface area contributed by atoms with Crippen LogP contribution in [0.4, 0.5) is 5.69 Å². The van der Waals surface area contributed by atoms with Crippen molar-refractivity contribution in [3.05, 3.63) is 29.6 Å². The lowest BCUT2D eigenvalue weighted by Gasteiger charge is -2.11. The van der Waals surface area contributed by atoms with Crippen molar-refractivity contribution < 1.29 is 4.79 Å². The average molecular weight is 248 g/mol. The quantitative estimate of drug-likeness (QED) is 0.874. The molecular formula is C13H16N2OS. The molecule has 1 heterocycles. The number of rotatable bonds is 4. The molecule has 2 aromatic rings. The van der Waals surface area contributed by atoms with Gasteiger partial charge in [0.2, 0.25) is 5.91 Å². The van der Waals surface area contributed by atoms with Crippen molar-refractivity contribution in [2.75, 3.05) is 11.9 Å². The molecule has 3 nitrogen and oxygen atoms in total. The van der Waals surface area contributed by atoms with Crippen LogP contribution in [-0.4, -0.2) is 12.5 Å². The van der Waals surface area contributed by atoms with Gasteiger partial charge in [-0.05, 0) is 48.0 Å². The summed E-state index contributed by atoms with van der Waals surface area (Å²) < 4.78 is 1.23. The highest BCUT2D eigenvalue weighted by Gasteiger charge is 2.11. The van der Waals surface area contributed by atoms with E-state index < -0.39 is 0 Å². The molecule has 17 heavy (non-hydrogen) atoms. The molecule has 0 aliphatic rings. The van der Waals surface area contributed by atoms with Crippen LogP contribution < -0.4 is 11.1 Å². The van der Waals surface area contributed by atoms with E-state index in [9.17, 15) is 4.79 Å². The second kappa shape index (κ2) is 5.29. The second-order valence-electron chi connectivity index (χ2n) is 4.14. The first-order valence-corrected chi connectivity index (χ1v) is 6.57. The Balaban J connectivity index is 2.09. The lowest BCUT2D eigenvalue weighted by atomic mass is 10.1. The van der Waals surface area contributed by atoms with Crippen molar-refractivity contribution in [3.63, 3.8) is 0 Å². The Morgan fingerprint density at radius 1 is 1.47 bits per heavy atom. The van der Waals surface area contributed by atoms with Crippen LogP contribution in [0.2, 0.25) is 0 Å². The number of nitrogens with one attached hydrogen (secondary N) is 1. The number of fused-ring (bicyclic) bond motifs is 1. The van der Waals surface area contributed by atoms with Gasteiger partial charge in [0.15, 0.2) is 0 Å². The summed E-state index contributed by atoms with van der Waals surface area (Å²) in [6, 6.07) is 8.02. The van der Waals surface area contributed by atoms with Crippen LogP contribution in [0.1, 0.15) is 13.3 Å². The Morgan fingerprint density at radius 2 is 2.29 bits per heavy atom. The summed E-state index contributed by atoms with van der Waals surface area (Å²) >= 11 is 1.70. The van der Waals surface area contributed by atoms with E-state index in [1.165, 1.54) is 10.1 Å². The van der Waals surface area contributed by atoms with Gasteiger partial charge in [-0.25, -0.2) is 0 Å². The van der Waals surface area contributed by atoms with E-state index in [2.05, 4.69) is 11.4 Å². The van der Waals surface area contributed by atoms with Gasteiger partial charge < -0.3 is 11.1 Å². The molecule has 1 aromatic heterocycles. The minimum Gasteiger partial charge on any atom is -0.330 e. The fourth-order valence-corrected chi connectivity index (χ4v) is 2.46. The highest BCUT2D eigenvalue weighted by molar-refractivity contribution is 7.17. The number of hydrogen-bond acceptors (Lipinski definition) is 3. The Hall–Kier alpha value is -1.39. The molecule has 1 unspecified atom stereocenters. The number of anilines is 1. The molecule has 1 aromatic carbocycles. The molecule has 0 aliphatic heterocycles. The molecule has 3 N–H and O–H groups in total. The monoisotopic (exact) mass is 248 g/mol. The lowest BCUT2D eigenvalue weighted by Crippen LogP contribution is -2.22. The molecule has 0 bridgehead atoms. The fraction of sp³-hybridized carbons (Fsp3) is 0.308. The van der Waals surface area contributed by atoms with E-state index in [1.54, 1.807) is 11.3 Å². The van der Waals surface area contributed by atoms with Crippen LogP contribution in [0.5, 0.6) is 0 Å². The molecule has 0 spiro atoms. The molecular weight excluding hydrogens is 232 g/mol. The van der Waals surface area contributed by atoms with Gasteiger partial charge in [-0.2, -0.15) is 0 Å². The maximum absolute atomic E-state index is 11.8. The highest BCUT2D eigenvalue weighted by Crippen LogP contribution is 2.24. The highest BCUT2D eigenvalue weighted by atomic mass is 32.1. The predicted molar refractivity (Wildman–Crippen MR) is 73.3 cm³/mol. The van der Waals surface area contributed by atoms with Crippen molar-refractivity contribution in [2.45, 2.75) is 13.3 Å². The Labute approximate surface area is 105 Å². The smallest absolute Gasteiger partial charge is 0.227 e. The zero-order valence-corrected chi connectivity index (χ0v) is 10.6. The van der Waals surface area contributed by atoms with Crippen LogP contribution in [0.3, 0.4) is 0 Å². The largest absolute Gasteiger partial charge is 0.330 e. The lowest BCUT2D eigenvalue weighted by molar-refractivity contribution is -0.119. The molecule has 90 valence electrons. The average Bonchev–Trinajstić information content (AvgIpc) is 2.76. The summed E-state index contributed by atoms with van der Waals surface area (Å²) in [5.74, 6) is -0.0109. The first-order chi connectivity index (χ1) is 8.20. The standard InChI is InChI=1S/C13H16N2OS/c1-9(4-6-14)13(16)15-11-2-3-12-10(8-11)5-7-17-12/h2-3,5,7-9H,4,6,14H2,1H3,(H,15,16). The molecule has 0 saturated heterocycles. The minimum atomic E-state index is -0.0434. The predicted octanol–water partition coefficient (Wildman–Crippen LogP) is 2.82. The minimum absolute atomic E-state index is 0.0324. The number of amides is 1. The maximum atomic E-state index is 11.8. The van der Waals surface area contributed by atoms with Gasteiger partial charge in [0, 0.05) is 16.3 Å². The third-order valence-corrected chi connectivity index (χ3v) is 3.67. The topological polar surface area (TPSA) is 55.1 Å². The summed E-state index contributed by atoms with van der Waals surface area (Å²) in [5.41, 5.74) is 6.29. The van der Waals surface area contributed by atoms with Gasteiger partial charge in [-0.3, -0.25) is 4.79 Å². The van der Waals surface area contributed by atoms with Gasteiger partial charge in [0.1, 0.15) is 0 Å². The van der Waals surface area contributed by atoms with Gasteiger partial charge in [-0.1, -0.05) is 6.92 Å². The van der Waals surface area contributed by atoms with Crippen LogP contribution >= 0.6 is 11.3 Å². The second-order valence-corrected chi connectivity index (χ2v) is 5.09. The summed E-state index contributed by atoms with van der Waals surface area (Å²) in [6.07, 6.45) is 0.715. The van der Waals surface area contributed by atoms with Crippen LogP contribution in [0.25, 0.3) is 10.1 Å². The Kier molecular flexibility index (Phi) is 3.76. The number of thiophene rings is 1. The van der Waals surface area contributed by atoms with Crippen LogP contribution in [0.15, 0.2) is 29.6 Å². The summed E-state index contributed by atoms with van der Waals surface area (Å²) in [7, 11) is 0. The molecule has 0 fully saturated rings. The zero-order chi connectivity index (χ0) is 12.3. The first-order valence-electron chi connectivity index (χ1n) is 5.69. The number of nitrogens with two attached hydrogens (primary N) is 1. The molecule has 1 amide bonds. The van der Waals surface area contributed by atoms with Crippen molar-refractivity contribution >= 4 is 33.0 Å².